The Kier molecular flexibility index (Phi) is 4.78. The molecular formula is C12H24N4. The van der Waals surface area contributed by atoms with E-state index in [2.05, 4.69) is 33.4 Å². The topological polar surface area (TPSA) is 30.5 Å². The molecule has 0 aromatic rings. The number of hydrogen-bond donors (Lipinski definition) is 2. The number of allylic oxidation sites excluding steroid dienone is 1. The van der Waals surface area contributed by atoms with Gasteiger partial charge in [-0.2, -0.15) is 0 Å². The van der Waals surface area contributed by atoms with Crippen molar-refractivity contribution in [1.82, 2.24) is 20.4 Å². The smallest absolute Gasteiger partial charge is 0.0484 e. The van der Waals surface area contributed by atoms with E-state index in [1.807, 2.05) is 0 Å². The Morgan fingerprint density at radius 2 is 1.81 bits per heavy atom. The summed E-state index contributed by atoms with van der Waals surface area (Å²) >= 11 is 0. The molecule has 0 bridgehead atoms. The molecule has 0 aromatic carbocycles. The van der Waals surface area contributed by atoms with Gasteiger partial charge in [0.05, 0.1) is 0 Å². The van der Waals surface area contributed by atoms with E-state index in [9.17, 15) is 0 Å². The van der Waals surface area contributed by atoms with Gasteiger partial charge in [0, 0.05) is 52.6 Å². The van der Waals surface area contributed by atoms with Gasteiger partial charge >= 0.3 is 0 Å². The van der Waals surface area contributed by atoms with Crippen LogP contribution in [0.15, 0.2) is 11.6 Å². The van der Waals surface area contributed by atoms with E-state index in [1.54, 1.807) is 5.57 Å². The second-order valence-electron chi connectivity index (χ2n) is 4.68. The highest BCUT2D eigenvalue weighted by molar-refractivity contribution is 5.04. The highest BCUT2D eigenvalue weighted by Crippen LogP contribution is 2.08. The predicted octanol–water partition coefficient (Wildman–Crippen LogP) is 0.0482. The molecule has 0 radical (unpaired) electrons. The molecule has 0 unspecified atom stereocenters. The van der Waals surface area contributed by atoms with Gasteiger partial charge < -0.3 is 10.6 Å². The van der Waals surface area contributed by atoms with E-state index in [1.165, 1.54) is 26.1 Å². The van der Waals surface area contributed by atoms with Crippen molar-refractivity contribution < 1.29 is 0 Å². The van der Waals surface area contributed by atoms with Gasteiger partial charge in [0.1, 0.15) is 0 Å². The van der Waals surface area contributed by atoms with E-state index in [0.717, 1.165) is 33.0 Å². The largest absolute Gasteiger partial charge is 0.303 e. The minimum absolute atomic E-state index is 1.06. The van der Waals surface area contributed by atoms with Crippen LogP contribution in [0.5, 0.6) is 0 Å². The van der Waals surface area contributed by atoms with Crippen molar-refractivity contribution in [2.24, 2.45) is 0 Å². The molecule has 2 aliphatic heterocycles. The Bertz CT molecular complexity index is 227. The number of rotatable bonds is 5. The maximum Gasteiger partial charge on any atom is 0.0484 e. The van der Waals surface area contributed by atoms with Crippen LogP contribution < -0.4 is 10.6 Å². The van der Waals surface area contributed by atoms with Gasteiger partial charge in [-0.15, -0.1) is 0 Å². The predicted molar refractivity (Wildman–Crippen MR) is 67.3 cm³/mol. The normalized spacial score (nSPS) is 24.4. The average molecular weight is 224 g/mol. The van der Waals surface area contributed by atoms with Crippen molar-refractivity contribution in [3.8, 4) is 0 Å². The molecule has 0 spiro atoms. The quantitative estimate of drug-likeness (QED) is 0.646. The van der Waals surface area contributed by atoms with Gasteiger partial charge in [0.2, 0.25) is 0 Å². The third-order valence-electron chi connectivity index (χ3n) is 3.46. The van der Waals surface area contributed by atoms with Crippen molar-refractivity contribution in [1.29, 1.82) is 0 Å². The molecule has 0 amide bonds. The Balaban J connectivity index is 1.68. The molecule has 0 aliphatic carbocycles. The van der Waals surface area contributed by atoms with Crippen LogP contribution in [0, 0.1) is 0 Å². The van der Waals surface area contributed by atoms with Gasteiger partial charge in [-0.25, -0.2) is 0 Å². The summed E-state index contributed by atoms with van der Waals surface area (Å²) in [4.78, 5) is 4.98. The van der Waals surface area contributed by atoms with E-state index in [0.29, 0.717) is 0 Å². The fraction of sp³-hybridized carbons (Fsp3) is 0.833. The van der Waals surface area contributed by atoms with Gasteiger partial charge in [0.25, 0.3) is 0 Å². The van der Waals surface area contributed by atoms with Crippen LogP contribution in [0.2, 0.25) is 0 Å². The van der Waals surface area contributed by atoms with Crippen molar-refractivity contribution in [3.63, 3.8) is 0 Å². The summed E-state index contributed by atoms with van der Waals surface area (Å²) in [6.07, 6.45) is 3.51. The van der Waals surface area contributed by atoms with Gasteiger partial charge in [-0.05, 0) is 13.3 Å². The summed E-state index contributed by atoms with van der Waals surface area (Å²) in [6, 6.07) is 0. The van der Waals surface area contributed by atoms with Gasteiger partial charge in [0.15, 0.2) is 0 Å². The number of hydrogen-bond acceptors (Lipinski definition) is 4. The maximum atomic E-state index is 3.38. The Morgan fingerprint density at radius 3 is 2.38 bits per heavy atom. The van der Waals surface area contributed by atoms with E-state index in [4.69, 9.17) is 0 Å². The van der Waals surface area contributed by atoms with E-state index < -0.39 is 0 Å². The highest BCUT2D eigenvalue weighted by atomic mass is 15.3. The average Bonchev–Trinajstić information content (AvgIpc) is 2.97. The zero-order valence-electron chi connectivity index (χ0n) is 10.3. The molecule has 92 valence electrons. The van der Waals surface area contributed by atoms with Crippen LogP contribution in [-0.4, -0.2) is 62.4 Å². The maximum absolute atomic E-state index is 3.38. The van der Waals surface area contributed by atoms with E-state index >= 15 is 0 Å². The first-order valence-electron chi connectivity index (χ1n) is 6.38. The Hall–Kier alpha value is -0.420. The standard InChI is InChI=1S/C12H24N4/c1-2-12(9-16-8-5-14-11-16)3-6-15-7-4-13-10-15/h2,13-14H,3-11H2,1H3/b12-2-. The molecule has 2 fully saturated rings. The first kappa shape index (κ1) is 12.0. The van der Waals surface area contributed by atoms with Gasteiger partial charge in [-0.1, -0.05) is 11.6 Å². The molecule has 2 heterocycles. The fourth-order valence-corrected chi connectivity index (χ4v) is 2.34. The first-order valence-corrected chi connectivity index (χ1v) is 6.38. The molecule has 16 heavy (non-hydrogen) atoms. The molecule has 2 aliphatic rings. The minimum atomic E-state index is 1.06. The van der Waals surface area contributed by atoms with Crippen molar-refractivity contribution in [3.05, 3.63) is 11.6 Å². The molecule has 2 saturated heterocycles. The third kappa shape index (κ3) is 3.56. The van der Waals surface area contributed by atoms with Crippen LogP contribution >= 0.6 is 0 Å². The summed E-state index contributed by atoms with van der Waals surface area (Å²) < 4.78 is 0. The summed E-state index contributed by atoms with van der Waals surface area (Å²) in [7, 11) is 0. The van der Waals surface area contributed by atoms with Crippen molar-refractivity contribution in [2.75, 3.05) is 52.6 Å². The van der Waals surface area contributed by atoms with Crippen molar-refractivity contribution >= 4 is 0 Å². The van der Waals surface area contributed by atoms with E-state index in [-0.39, 0.29) is 0 Å². The monoisotopic (exact) mass is 224 g/mol. The lowest BCUT2D eigenvalue weighted by atomic mass is 10.1. The Morgan fingerprint density at radius 1 is 1.12 bits per heavy atom. The Labute approximate surface area is 98.7 Å². The number of nitrogens with zero attached hydrogens (tertiary/aromatic N) is 2. The second kappa shape index (κ2) is 6.35. The fourth-order valence-electron chi connectivity index (χ4n) is 2.34. The van der Waals surface area contributed by atoms with Crippen LogP contribution in [0.1, 0.15) is 13.3 Å². The molecule has 2 N–H and O–H groups in total. The SMILES string of the molecule is C/C=C(/CCN1CCNC1)CN1CCNC1. The molecular weight excluding hydrogens is 200 g/mol. The zero-order valence-corrected chi connectivity index (χ0v) is 10.3. The lowest BCUT2D eigenvalue weighted by molar-refractivity contribution is 0.323. The minimum Gasteiger partial charge on any atom is -0.303 e. The molecule has 0 saturated carbocycles. The lowest BCUT2D eigenvalue weighted by Crippen LogP contribution is -2.27. The third-order valence-corrected chi connectivity index (χ3v) is 3.46. The van der Waals surface area contributed by atoms with Crippen LogP contribution in [-0.2, 0) is 0 Å². The molecule has 0 aromatic heterocycles. The van der Waals surface area contributed by atoms with Crippen LogP contribution in [0.3, 0.4) is 0 Å². The summed E-state index contributed by atoms with van der Waals surface area (Å²) in [6.45, 7) is 11.4. The second-order valence-corrected chi connectivity index (χ2v) is 4.68. The molecule has 4 heteroatoms. The number of nitrogens with one attached hydrogen (secondary N) is 2. The van der Waals surface area contributed by atoms with Crippen LogP contribution in [0.25, 0.3) is 0 Å². The van der Waals surface area contributed by atoms with Gasteiger partial charge in [-0.3, -0.25) is 9.80 Å². The van der Waals surface area contributed by atoms with Crippen LogP contribution in [0.4, 0.5) is 0 Å². The molecule has 2 rings (SSSR count). The first-order chi connectivity index (χ1) is 7.88. The summed E-state index contributed by atoms with van der Waals surface area (Å²) in [5.41, 5.74) is 1.58. The highest BCUT2D eigenvalue weighted by Gasteiger charge is 2.14. The lowest BCUT2D eigenvalue weighted by Gasteiger charge is -2.19. The molecule has 0 atom stereocenters. The summed E-state index contributed by atoms with van der Waals surface area (Å²) in [5, 5.41) is 6.75. The summed E-state index contributed by atoms with van der Waals surface area (Å²) in [5.74, 6) is 0. The van der Waals surface area contributed by atoms with Crippen molar-refractivity contribution in [2.45, 2.75) is 13.3 Å². The zero-order chi connectivity index (χ0) is 11.2. The molecule has 4 nitrogen and oxygen atoms in total.